The maximum absolute atomic E-state index is 4.27. The van der Waals surface area contributed by atoms with Crippen LogP contribution in [0, 0.1) is 12.8 Å². The summed E-state index contributed by atoms with van der Waals surface area (Å²) < 4.78 is 1.87. The summed E-state index contributed by atoms with van der Waals surface area (Å²) in [5.74, 6) is 0.787. The van der Waals surface area contributed by atoms with Gasteiger partial charge >= 0.3 is 0 Å². The van der Waals surface area contributed by atoms with Crippen molar-refractivity contribution in [2.24, 2.45) is 13.0 Å². The van der Waals surface area contributed by atoms with Gasteiger partial charge in [0.2, 0.25) is 0 Å². The smallest absolute Gasteiger partial charge is 0.0537 e. The molecule has 3 rings (SSSR count). The topological polar surface area (TPSA) is 29.9 Å². The van der Waals surface area contributed by atoms with Gasteiger partial charge < -0.3 is 5.32 Å². The zero-order chi connectivity index (χ0) is 14.1. The first-order valence-electron chi connectivity index (χ1n) is 7.45. The first kappa shape index (κ1) is 13.4. The highest BCUT2D eigenvalue weighted by atomic mass is 15.2. The molecule has 0 radical (unpaired) electrons. The number of aryl methyl sites for hydroxylation is 2. The third-order valence-corrected chi connectivity index (χ3v) is 4.27. The van der Waals surface area contributed by atoms with Crippen molar-refractivity contribution in [1.82, 2.24) is 15.1 Å². The van der Waals surface area contributed by atoms with E-state index in [9.17, 15) is 0 Å². The van der Waals surface area contributed by atoms with E-state index >= 15 is 0 Å². The lowest BCUT2D eigenvalue weighted by Crippen LogP contribution is -2.26. The quantitative estimate of drug-likeness (QED) is 0.900. The van der Waals surface area contributed by atoms with Crippen molar-refractivity contribution in [2.75, 3.05) is 0 Å². The van der Waals surface area contributed by atoms with Crippen molar-refractivity contribution >= 4 is 0 Å². The van der Waals surface area contributed by atoms with Gasteiger partial charge in [-0.3, -0.25) is 4.68 Å². The van der Waals surface area contributed by atoms with Gasteiger partial charge in [0.1, 0.15) is 0 Å². The van der Waals surface area contributed by atoms with Crippen molar-refractivity contribution in [1.29, 1.82) is 0 Å². The summed E-state index contributed by atoms with van der Waals surface area (Å²) in [6.45, 7) is 4.44. The number of benzene rings is 1. The maximum Gasteiger partial charge on any atom is 0.0537 e. The summed E-state index contributed by atoms with van der Waals surface area (Å²) in [5.41, 5.74) is 4.09. The van der Waals surface area contributed by atoms with Gasteiger partial charge in [-0.1, -0.05) is 24.3 Å². The zero-order valence-electron chi connectivity index (χ0n) is 12.5. The molecule has 1 aliphatic rings. The van der Waals surface area contributed by atoms with Crippen molar-refractivity contribution in [3.8, 4) is 0 Å². The van der Waals surface area contributed by atoms with Crippen LogP contribution in [0.5, 0.6) is 0 Å². The molecule has 106 valence electrons. The van der Waals surface area contributed by atoms with E-state index in [1.54, 1.807) is 0 Å². The third-order valence-electron chi connectivity index (χ3n) is 4.27. The van der Waals surface area contributed by atoms with Gasteiger partial charge in [0.05, 0.1) is 6.20 Å². The monoisotopic (exact) mass is 269 g/mol. The van der Waals surface area contributed by atoms with Crippen LogP contribution in [0.3, 0.4) is 0 Å². The molecule has 2 atom stereocenters. The minimum atomic E-state index is 0.328. The molecule has 3 heteroatoms. The Bertz CT molecular complexity index is 583. The average Bonchev–Trinajstić information content (AvgIpc) is 3.18. The molecule has 0 amide bonds. The molecule has 0 bridgehead atoms. The fourth-order valence-electron chi connectivity index (χ4n) is 2.87. The van der Waals surface area contributed by atoms with Gasteiger partial charge in [-0.05, 0) is 43.7 Å². The minimum absolute atomic E-state index is 0.328. The normalized spacial score (nSPS) is 17.9. The van der Waals surface area contributed by atoms with Crippen molar-refractivity contribution in [3.63, 3.8) is 0 Å². The van der Waals surface area contributed by atoms with Gasteiger partial charge in [-0.2, -0.15) is 5.10 Å². The lowest BCUT2D eigenvalue weighted by molar-refractivity contribution is 0.426. The second kappa shape index (κ2) is 5.41. The van der Waals surface area contributed by atoms with Gasteiger partial charge in [0.25, 0.3) is 0 Å². The number of nitrogens with zero attached hydrogens (tertiary/aromatic N) is 2. The Kier molecular flexibility index (Phi) is 3.62. The molecule has 1 aromatic heterocycles. The highest BCUT2D eigenvalue weighted by Crippen LogP contribution is 2.42. The van der Waals surface area contributed by atoms with E-state index in [2.05, 4.69) is 54.7 Å². The number of hydrogen-bond donors (Lipinski definition) is 1. The largest absolute Gasteiger partial charge is 0.303 e. The Morgan fingerprint density at radius 1 is 1.30 bits per heavy atom. The molecule has 1 N–H and O–H groups in total. The van der Waals surface area contributed by atoms with Crippen LogP contribution < -0.4 is 5.32 Å². The number of hydrogen-bond acceptors (Lipinski definition) is 2. The van der Waals surface area contributed by atoms with Crippen LogP contribution in [0.4, 0.5) is 0 Å². The van der Waals surface area contributed by atoms with Gasteiger partial charge in [0, 0.05) is 30.9 Å². The Labute approximate surface area is 121 Å². The lowest BCUT2D eigenvalue weighted by atomic mass is 9.96. The first-order chi connectivity index (χ1) is 9.65. The van der Waals surface area contributed by atoms with Crippen LogP contribution in [0.25, 0.3) is 0 Å². The fraction of sp³-hybridized carbons (Fsp3) is 0.471. The van der Waals surface area contributed by atoms with E-state index < -0.39 is 0 Å². The van der Waals surface area contributed by atoms with Gasteiger partial charge in [0.15, 0.2) is 0 Å². The SMILES string of the molecule is Cc1ccccc1[C@@H](N[C@H](C)c1cnn(C)c1)C1CC1. The molecule has 1 heterocycles. The third kappa shape index (κ3) is 2.78. The Morgan fingerprint density at radius 3 is 2.65 bits per heavy atom. The molecule has 1 aromatic carbocycles. The zero-order valence-corrected chi connectivity index (χ0v) is 12.5. The molecule has 0 saturated heterocycles. The second-order valence-corrected chi connectivity index (χ2v) is 6.01. The highest BCUT2D eigenvalue weighted by Gasteiger charge is 2.33. The highest BCUT2D eigenvalue weighted by molar-refractivity contribution is 5.30. The molecular weight excluding hydrogens is 246 g/mol. The van der Waals surface area contributed by atoms with E-state index in [-0.39, 0.29) is 0 Å². The van der Waals surface area contributed by atoms with Crippen LogP contribution in [-0.4, -0.2) is 9.78 Å². The number of rotatable bonds is 5. The fourth-order valence-corrected chi connectivity index (χ4v) is 2.87. The molecule has 20 heavy (non-hydrogen) atoms. The average molecular weight is 269 g/mol. The van der Waals surface area contributed by atoms with E-state index in [0.29, 0.717) is 12.1 Å². The summed E-state index contributed by atoms with van der Waals surface area (Å²) >= 11 is 0. The van der Waals surface area contributed by atoms with Crippen LogP contribution >= 0.6 is 0 Å². The summed E-state index contributed by atoms with van der Waals surface area (Å²) in [5, 5.41) is 8.08. The second-order valence-electron chi connectivity index (χ2n) is 6.01. The van der Waals surface area contributed by atoms with Gasteiger partial charge in [-0.25, -0.2) is 0 Å². The van der Waals surface area contributed by atoms with Crippen LogP contribution in [0.1, 0.15) is 48.5 Å². The summed E-state index contributed by atoms with van der Waals surface area (Å²) in [6, 6.07) is 9.53. The molecule has 0 unspecified atom stereocenters. The van der Waals surface area contributed by atoms with Crippen LogP contribution in [0.15, 0.2) is 36.7 Å². The van der Waals surface area contributed by atoms with Crippen molar-refractivity contribution < 1.29 is 0 Å². The van der Waals surface area contributed by atoms with E-state index in [0.717, 1.165) is 5.92 Å². The summed E-state index contributed by atoms with van der Waals surface area (Å²) in [4.78, 5) is 0. The molecule has 0 spiro atoms. The Balaban J connectivity index is 1.80. The molecule has 2 aromatic rings. The molecule has 1 saturated carbocycles. The van der Waals surface area contributed by atoms with Crippen molar-refractivity contribution in [2.45, 2.75) is 38.8 Å². The molecule has 0 aliphatic heterocycles. The Morgan fingerprint density at radius 2 is 2.05 bits per heavy atom. The van der Waals surface area contributed by atoms with Crippen LogP contribution in [-0.2, 0) is 7.05 Å². The van der Waals surface area contributed by atoms with E-state index in [1.807, 2.05) is 17.9 Å². The van der Waals surface area contributed by atoms with E-state index in [1.165, 1.54) is 29.5 Å². The summed E-state index contributed by atoms with van der Waals surface area (Å²) in [7, 11) is 1.97. The lowest BCUT2D eigenvalue weighted by Gasteiger charge is -2.24. The van der Waals surface area contributed by atoms with Crippen molar-refractivity contribution in [3.05, 3.63) is 53.3 Å². The standard InChI is InChI=1S/C17H23N3/c1-12-6-4-5-7-16(12)17(14-8-9-14)19-13(2)15-10-18-20(3)11-15/h4-7,10-11,13-14,17,19H,8-9H2,1-3H3/t13-,17+/m1/s1. The van der Waals surface area contributed by atoms with E-state index in [4.69, 9.17) is 0 Å². The number of nitrogens with one attached hydrogen (secondary N) is 1. The predicted molar refractivity (Wildman–Crippen MR) is 81.4 cm³/mol. The molecule has 1 aliphatic carbocycles. The van der Waals surface area contributed by atoms with Gasteiger partial charge in [-0.15, -0.1) is 0 Å². The molecular formula is C17H23N3. The van der Waals surface area contributed by atoms with Crippen LogP contribution in [0.2, 0.25) is 0 Å². The Hall–Kier alpha value is -1.61. The molecule has 1 fully saturated rings. The number of aromatic nitrogens is 2. The minimum Gasteiger partial charge on any atom is -0.303 e. The summed E-state index contributed by atoms with van der Waals surface area (Å²) in [6.07, 6.45) is 6.73. The maximum atomic E-state index is 4.27. The first-order valence-corrected chi connectivity index (χ1v) is 7.45. The molecule has 3 nitrogen and oxygen atoms in total. The predicted octanol–water partition coefficient (Wildman–Crippen LogP) is 3.53.